The minimum atomic E-state index is -4.70. The van der Waals surface area contributed by atoms with Crippen LogP contribution in [0.25, 0.3) is 11.4 Å². The van der Waals surface area contributed by atoms with E-state index in [0.29, 0.717) is 15.8 Å². The number of aromatic nitrogens is 2. The fourth-order valence-corrected chi connectivity index (χ4v) is 2.33. The Morgan fingerprint density at radius 1 is 1.00 bits per heavy atom. The highest BCUT2D eigenvalue weighted by Crippen LogP contribution is 2.37. The summed E-state index contributed by atoms with van der Waals surface area (Å²) in [5.41, 5.74) is 0.287. The summed E-state index contributed by atoms with van der Waals surface area (Å²) in [6, 6.07) is 11.0. The number of hydrogen-bond donors (Lipinski definition) is 0. The zero-order valence-corrected chi connectivity index (χ0v) is 13.2. The lowest BCUT2D eigenvalue weighted by atomic mass is 10.2. The maximum Gasteiger partial charge on any atom is 0.471 e. The van der Waals surface area contributed by atoms with Crippen molar-refractivity contribution in [2.45, 2.75) is 6.18 Å². The number of benzene rings is 2. The maximum atomic E-state index is 12.5. The molecular weight excluding hydrogens is 368 g/mol. The van der Waals surface area contributed by atoms with Gasteiger partial charge in [-0.05, 0) is 24.3 Å². The standard InChI is InChI=1S/C15H7Cl2F3N2O2/c16-10-5-2-6-11(17)12(10)23-9-4-1-3-8(7-9)13-21-14(24-22-13)15(18,19)20/h1-7H. The van der Waals surface area contributed by atoms with Gasteiger partial charge in [0, 0.05) is 5.56 Å². The van der Waals surface area contributed by atoms with Crippen LogP contribution in [0.4, 0.5) is 13.2 Å². The quantitative estimate of drug-likeness (QED) is 0.576. The molecule has 0 bridgehead atoms. The minimum Gasteiger partial charge on any atom is -0.454 e. The van der Waals surface area contributed by atoms with Gasteiger partial charge in [-0.15, -0.1) is 0 Å². The van der Waals surface area contributed by atoms with Crippen molar-refractivity contribution < 1.29 is 22.4 Å². The van der Waals surface area contributed by atoms with E-state index >= 15 is 0 Å². The van der Waals surface area contributed by atoms with E-state index in [2.05, 4.69) is 14.7 Å². The van der Waals surface area contributed by atoms with E-state index < -0.39 is 12.1 Å². The van der Waals surface area contributed by atoms with E-state index in [4.69, 9.17) is 27.9 Å². The van der Waals surface area contributed by atoms with Crippen LogP contribution in [-0.4, -0.2) is 10.1 Å². The third kappa shape index (κ3) is 3.47. The van der Waals surface area contributed by atoms with Crippen LogP contribution in [0.2, 0.25) is 10.0 Å². The van der Waals surface area contributed by atoms with Gasteiger partial charge in [0.05, 0.1) is 10.0 Å². The Bertz CT molecular complexity index is 861. The number of rotatable bonds is 3. The Balaban J connectivity index is 1.91. The smallest absolute Gasteiger partial charge is 0.454 e. The van der Waals surface area contributed by atoms with Crippen LogP contribution in [0.1, 0.15) is 5.89 Å². The van der Waals surface area contributed by atoms with Crippen LogP contribution in [0.3, 0.4) is 0 Å². The number of nitrogens with zero attached hydrogens (tertiary/aromatic N) is 2. The fourth-order valence-electron chi connectivity index (χ4n) is 1.85. The number of alkyl halides is 3. The first-order valence-corrected chi connectivity index (χ1v) is 7.23. The van der Waals surface area contributed by atoms with Crippen molar-refractivity contribution in [1.82, 2.24) is 10.1 Å². The Hall–Kier alpha value is -2.25. The van der Waals surface area contributed by atoms with Gasteiger partial charge in [-0.1, -0.05) is 46.6 Å². The van der Waals surface area contributed by atoms with E-state index in [1.54, 1.807) is 30.3 Å². The van der Waals surface area contributed by atoms with Gasteiger partial charge in [0.2, 0.25) is 5.82 Å². The molecule has 0 aliphatic rings. The molecule has 2 aromatic carbocycles. The normalized spacial score (nSPS) is 11.5. The molecule has 1 aromatic heterocycles. The average Bonchev–Trinajstić information content (AvgIpc) is 3.02. The van der Waals surface area contributed by atoms with Crippen LogP contribution in [0, 0.1) is 0 Å². The number of hydrogen-bond acceptors (Lipinski definition) is 4. The highest BCUT2D eigenvalue weighted by atomic mass is 35.5. The summed E-state index contributed by atoms with van der Waals surface area (Å²) in [6.45, 7) is 0. The number of halogens is 5. The SMILES string of the molecule is FC(F)(F)c1nc(-c2cccc(Oc3c(Cl)cccc3Cl)c2)no1. The molecule has 0 amide bonds. The van der Waals surface area contributed by atoms with Crippen LogP contribution in [0.15, 0.2) is 47.0 Å². The fraction of sp³-hybridized carbons (Fsp3) is 0.0667. The van der Waals surface area contributed by atoms with E-state index in [-0.39, 0.29) is 17.1 Å². The second kappa shape index (κ2) is 6.33. The molecule has 0 atom stereocenters. The molecule has 0 aliphatic heterocycles. The van der Waals surface area contributed by atoms with Crippen molar-refractivity contribution >= 4 is 23.2 Å². The monoisotopic (exact) mass is 374 g/mol. The second-order valence-electron chi connectivity index (χ2n) is 4.60. The van der Waals surface area contributed by atoms with Crippen molar-refractivity contribution in [3.63, 3.8) is 0 Å². The summed E-state index contributed by atoms with van der Waals surface area (Å²) >= 11 is 12.0. The van der Waals surface area contributed by atoms with Gasteiger partial charge in [-0.2, -0.15) is 18.2 Å². The summed E-state index contributed by atoms with van der Waals surface area (Å²) in [6.07, 6.45) is -4.70. The first-order chi connectivity index (χ1) is 11.3. The van der Waals surface area contributed by atoms with E-state index in [0.717, 1.165) is 0 Å². The summed E-state index contributed by atoms with van der Waals surface area (Å²) < 4.78 is 47.4. The molecule has 0 saturated heterocycles. The molecule has 4 nitrogen and oxygen atoms in total. The maximum absolute atomic E-state index is 12.5. The largest absolute Gasteiger partial charge is 0.471 e. The van der Waals surface area contributed by atoms with Gasteiger partial charge in [0.15, 0.2) is 5.75 Å². The number of para-hydroxylation sites is 1. The molecule has 0 aliphatic carbocycles. The molecule has 0 spiro atoms. The topological polar surface area (TPSA) is 48.2 Å². The minimum absolute atomic E-state index is 0.210. The van der Waals surface area contributed by atoms with Gasteiger partial charge < -0.3 is 9.26 Å². The highest BCUT2D eigenvalue weighted by molar-refractivity contribution is 6.37. The molecule has 24 heavy (non-hydrogen) atoms. The zero-order valence-electron chi connectivity index (χ0n) is 11.6. The van der Waals surface area contributed by atoms with E-state index in [1.165, 1.54) is 12.1 Å². The first kappa shape index (κ1) is 16.6. The predicted octanol–water partition coefficient (Wildman–Crippen LogP) is 5.85. The van der Waals surface area contributed by atoms with Gasteiger partial charge >= 0.3 is 12.1 Å². The lowest BCUT2D eigenvalue weighted by Crippen LogP contribution is -2.04. The lowest BCUT2D eigenvalue weighted by Gasteiger charge is -2.09. The Morgan fingerprint density at radius 2 is 1.67 bits per heavy atom. The van der Waals surface area contributed by atoms with Crippen LogP contribution >= 0.6 is 23.2 Å². The van der Waals surface area contributed by atoms with Gasteiger partial charge in [-0.3, -0.25) is 0 Å². The highest BCUT2D eigenvalue weighted by Gasteiger charge is 2.38. The number of ether oxygens (including phenoxy) is 1. The summed E-state index contributed by atoms with van der Waals surface area (Å²) in [4.78, 5) is 3.32. The molecule has 3 aromatic rings. The van der Waals surface area contributed by atoms with Crippen molar-refractivity contribution in [2.75, 3.05) is 0 Å². The average molecular weight is 375 g/mol. The van der Waals surface area contributed by atoms with E-state index in [1.807, 2.05) is 0 Å². The van der Waals surface area contributed by atoms with Gasteiger partial charge in [-0.25, -0.2) is 0 Å². The molecule has 0 saturated carbocycles. The van der Waals surface area contributed by atoms with Crippen molar-refractivity contribution in [3.8, 4) is 22.9 Å². The van der Waals surface area contributed by atoms with Crippen molar-refractivity contribution in [2.24, 2.45) is 0 Å². The summed E-state index contributed by atoms with van der Waals surface area (Å²) in [5.74, 6) is -1.08. The third-order valence-electron chi connectivity index (χ3n) is 2.90. The Labute approximate surface area is 143 Å². The zero-order chi connectivity index (χ0) is 17.3. The second-order valence-corrected chi connectivity index (χ2v) is 5.42. The molecule has 0 fully saturated rings. The third-order valence-corrected chi connectivity index (χ3v) is 3.49. The Kier molecular flexibility index (Phi) is 4.38. The van der Waals surface area contributed by atoms with Crippen molar-refractivity contribution in [1.29, 1.82) is 0 Å². The molecular formula is C15H7Cl2F3N2O2. The first-order valence-electron chi connectivity index (χ1n) is 6.48. The van der Waals surface area contributed by atoms with Gasteiger partial charge in [0.1, 0.15) is 5.75 Å². The molecule has 3 rings (SSSR count). The van der Waals surface area contributed by atoms with Crippen LogP contribution in [-0.2, 0) is 6.18 Å². The van der Waals surface area contributed by atoms with Crippen LogP contribution < -0.4 is 4.74 Å². The lowest BCUT2D eigenvalue weighted by molar-refractivity contribution is -0.159. The molecule has 0 N–H and O–H groups in total. The molecule has 0 radical (unpaired) electrons. The van der Waals surface area contributed by atoms with E-state index in [9.17, 15) is 13.2 Å². The van der Waals surface area contributed by atoms with Crippen LogP contribution in [0.5, 0.6) is 11.5 Å². The summed E-state index contributed by atoms with van der Waals surface area (Å²) in [7, 11) is 0. The van der Waals surface area contributed by atoms with Crippen molar-refractivity contribution in [3.05, 3.63) is 58.4 Å². The Morgan fingerprint density at radius 3 is 2.29 bits per heavy atom. The molecule has 124 valence electrons. The summed E-state index contributed by atoms with van der Waals surface area (Å²) in [5, 5.41) is 3.92. The molecule has 1 heterocycles. The van der Waals surface area contributed by atoms with Gasteiger partial charge in [0.25, 0.3) is 0 Å². The molecule has 0 unspecified atom stereocenters. The molecule has 9 heteroatoms. The predicted molar refractivity (Wildman–Crippen MR) is 81.3 cm³/mol.